The molecule has 3 heteroatoms. The third-order valence-electron chi connectivity index (χ3n) is 2.95. The highest BCUT2D eigenvalue weighted by Crippen LogP contribution is 2.12. The van der Waals surface area contributed by atoms with Crippen LogP contribution in [0.5, 0.6) is 0 Å². The zero-order valence-corrected chi connectivity index (χ0v) is 10.4. The van der Waals surface area contributed by atoms with Gasteiger partial charge in [-0.15, -0.1) is 0 Å². The molecule has 1 aliphatic rings. The van der Waals surface area contributed by atoms with Gasteiger partial charge in [0, 0.05) is 31.7 Å². The van der Waals surface area contributed by atoms with Gasteiger partial charge in [0.25, 0.3) is 0 Å². The largest absolute Gasteiger partial charge is 0.309 e. The molecule has 0 unspecified atom stereocenters. The lowest BCUT2D eigenvalue weighted by molar-refractivity contribution is 0.156. The Morgan fingerprint density at radius 1 is 1.53 bits per heavy atom. The number of hydrogen-bond donors (Lipinski definition) is 1. The molecule has 15 heavy (non-hydrogen) atoms. The van der Waals surface area contributed by atoms with Crippen molar-refractivity contribution >= 4 is 11.3 Å². The average Bonchev–Trinajstić information content (AvgIpc) is 2.65. The zero-order valence-electron chi connectivity index (χ0n) is 9.62. The number of nitrogens with zero attached hydrogens (tertiary/aromatic N) is 1. The van der Waals surface area contributed by atoms with E-state index in [4.69, 9.17) is 0 Å². The van der Waals surface area contributed by atoms with Crippen LogP contribution in [0.15, 0.2) is 16.8 Å². The summed E-state index contributed by atoms with van der Waals surface area (Å²) >= 11 is 1.80. The summed E-state index contributed by atoms with van der Waals surface area (Å²) in [6.07, 6.45) is 1.19. The molecule has 84 valence electrons. The maximum Gasteiger partial charge on any atom is 0.0252 e. The van der Waals surface area contributed by atoms with E-state index in [1.807, 2.05) is 0 Å². The van der Waals surface area contributed by atoms with Crippen molar-refractivity contribution in [1.29, 1.82) is 0 Å². The van der Waals surface area contributed by atoms with Gasteiger partial charge in [-0.2, -0.15) is 11.3 Å². The highest BCUT2D eigenvalue weighted by atomic mass is 32.1. The van der Waals surface area contributed by atoms with E-state index in [0.29, 0.717) is 0 Å². The first-order valence-electron chi connectivity index (χ1n) is 5.64. The molecular weight excluding hydrogens is 204 g/mol. The van der Waals surface area contributed by atoms with Crippen LogP contribution >= 0.6 is 11.3 Å². The Morgan fingerprint density at radius 3 is 3.07 bits per heavy atom. The lowest BCUT2D eigenvalue weighted by Gasteiger charge is -2.39. The highest BCUT2D eigenvalue weighted by Gasteiger charge is 2.24. The Bertz CT molecular complexity index is 293. The minimum Gasteiger partial charge on any atom is -0.309 e. The number of piperazine rings is 1. The first-order valence-corrected chi connectivity index (χ1v) is 6.58. The summed E-state index contributed by atoms with van der Waals surface area (Å²) in [7, 11) is 0. The van der Waals surface area contributed by atoms with Crippen molar-refractivity contribution in [1.82, 2.24) is 10.2 Å². The van der Waals surface area contributed by atoms with E-state index in [1.165, 1.54) is 25.1 Å². The van der Waals surface area contributed by atoms with E-state index in [0.717, 1.165) is 13.1 Å². The van der Waals surface area contributed by atoms with Crippen LogP contribution in [0.25, 0.3) is 0 Å². The predicted octanol–water partition coefficient (Wildman–Crippen LogP) is 1.97. The SMILES string of the molecule is CC1(C)CN(CCc2ccsc2)CCN1. The molecule has 0 atom stereocenters. The predicted molar refractivity (Wildman–Crippen MR) is 66.5 cm³/mol. The smallest absolute Gasteiger partial charge is 0.0252 e. The van der Waals surface area contributed by atoms with Gasteiger partial charge in [-0.3, -0.25) is 4.90 Å². The third-order valence-corrected chi connectivity index (χ3v) is 3.68. The van der Waals surface area contributed by atoms with Crippen molar-refractivity contribution < 1.29 is 0 Å². The van der Waals surface area contributed by atoms with Gasteiger partial charge in [0.1, 0.15) is 0 Å². The van der Waals surface area contributed by atoms with E-state index in [1.54, 1.807) is 11.3 Å². The summed E-state index contributed by atoms with van der Waals surface area (Å²) < 4.78 is 0. The molecule has 1 fully saturated rings. The number of hydrogen-bond acceptors (Lipinski definition) is 3. The molecule has 2 nitrogen and oxygen atoms in total. The van der Waals surface area contributed by atoms with Crippen LogP contribution < -0.4 is 5.32 Å². The topological polar surface area (TPSA) is 15.3 Å². The summed E-state index contributed by atoms with van der Waals surface area (Å²) in [5.41, 5.74) is 1.77. The van der Waals surface area contributed by atoms with Crippen LogP contribution in [0.2, 0.25) is 0 Å². The molecule has 1 aromatic heterocycles. The molecule has 1 aromatic rings. The molecule has 1 aliphatic heterocycles. The van der Waals surface area contributed by atoms with Crippen LogP contribution in [0.1, 0.15) is 19.4 Å². The van der Waals surface area contributed by atoms with Crippen molar-refractivity contribution in [2.24, 2.45) is 0 Å². The first kappa shape index (κ1) is 11.1. The van der Waals surface area contributed by atoms with E-state index in [9.17, 15) is 0 Å². The number of thiophene rings is 1. The van der Waals surface area contributed by atoms with Gasteiger partial charge in [0.2, 0.25) is 0 Å². The fourth-order valence-corrected chi connectivity index (χ4v) is 2.86. The molecule has 1 N–H and O–H groups in total. The summed E-state index contributed by atoms with van der Waals surface area (Å²) in [6.45, 7) is 9.23. The third kappa shape index (κ3) is 3.30. The standard InChI is InChI=1S/C12H20N2S/c1-12(2)10-14(7-5-13-12)6-3-11-4-8-15-9-11/h4,8-9,13H,3,5-7,10H2,1-2H3. The molecule has 2 rings (SSSR count). The highest BCUT2D eigenvalue weighted by molar-refractivity contribution is 7.07. The van der Waals surface area contributed by atoms with E-state index in [-0.39, 0.29) is 5.54 Å². The maximum atomic E-state index is 3.54. The van der Waals surface area contributed by atoms with Crippen LogP contribution in [-0.2, 0) is 6.42 Å². The van der Waals surface area contributed by atoms with Crippen LogP contribution in [0.4, 0.5) is 0 Å². The van der Waals surface area contributed by atoms with Gasteiger partial charge < -0.3 is 5.32 Å². The van der Waals surface area contributed by atoms with Gasteiger partial charge >= 0.3 is 0 Å². The summed E-state index contributed by atoms with van der Waals surface area (Å²) in [5, 5.41) is 7.96. The van der Waals surface area contributed by atoms with Gasteiger partial charge in [-0.05, 0) is 42.7 Å². The number of rotatable bonds is 3. The zero-order chi connectivity index (χ0) is 10.7. The summed E-state index contributed by atoms with van der Waals surface area (Å²) in [6, 6.07) is 2.23. The Labute approximate surface area is 96.3 Å². The Hall–Kier alpha value is -0.380. The fraction of sp³-hybridized carbons (Fsp3) is 0.667. The van der Waals surface area contributed by atoms with Crippen molar-refractivity contribution in [2.45, 2.75) is 25.8 Å². The molecule has 0 saturated carbocycles. The molecule has 0 aliphatic carbocycles. The van der Waals surface area contributed by atoms with E-state index in [2.05, 4.69) is 40.9 Å². The lowest BCUT2D eigenvalue weighted by atomic mass is 10.0. The molecule has 0 spiro atoms. The Morgan fingerprint density at radius 2 is 2.40 bits per heavy atom. The quantitative estimate of drug-likeness (QED) is 0.844. The van der Waals surface area contributed by atoms with E-state index < -0.39 is 0 Å². The van der Waals surface area contributed by atoms with Gasteiger partial charge in [0.15, 0.2) is 0 Å². The second-order valence-corrected chi connectivity index (χ2v) is 5.75. The molecule has 0 amide bonds. The van der Waals surface area contributed by atoms with Crippen LogP contribution in [0, 0.1) is 0 Å². The van der Waals surface area contributed by atoms with Crippen molar-refractivity contribution in [3.8, 4) is 0 Å². The second-order valence-electron chi connectivity index (χ2n) is 4.97. The normalized spacial score (nSPS) is 21.7. The first-order chi connectivity index (χ1) is 7.16. The van der Waals surface area contributed by atoms with Gasteiger partial charge in [0.05, 0.1) is 0 Å². The van der Waals surface area contributed by atoms with Gasteiger partial charge in [-0.25, -0.2) is 0 Å². The monoisotopic (exact) mass is 224 g/mol. The van der Waals surface area contributed by atoms with E-state index >= 15 is 0 Å². The minimum atomic E-state index is 0.285. The average molecular weight is 224 g/mol. The molecule has 2 heterocycles. The molecule has 1 saturated heterocycles. The fourth-order valence-electron chi connectivity index (χ4n) is 2.16. The van der Waals surface area contributed by atoms with Crippen LogP contribution in [-0.4, -0.2) is 36.6 Å². The molecule has 0 bridgehead atoms. The molecule has 0 radical (unpaired) electrons. The Balaban J connectivity index is 1.80. The molecular formula is C12H20N2S. The summed E-state index contributed by atoms with van der Waals surface area (Å²) in [5.74, 6) is 0. The van der Waals surface area contributed by atoms with Crippen molar-refractivity contribution in [3.05, 3.63) is 22.4 Å². The maximum absolute atomic E-state index is 3.54. The van der Waals surface area contributed by atoms with Crippen LogP contribution in [0.3, 0.4) is 0 Å². The lowest BCUT2D eigenvalue weighted by Crippen LogP contribution is -2.57. The van der Waals surface area contributed by atoms with Gasteiger partial charge in [-0.1, -0.05) is 0 Å². The second kappa shape index (κ2) is 4.64. The van der Waals surface area contributed by atoms with Crippen molar-refractivity contribution in [2.75, 3.05) is 26.2 Å². The van der Waals surface area contributed by atoms with Crippen molar-refractivity contribution in [3.63, 3.8) is 0 Å². The summed E-state index contributed by atoms with van der Waals surface area (Å²) in [4.78, 5) is 2.56. The molecule has 0 aromatic carbocycles. The number of nitrogens with one attached hydrogen (secondary N) is 1. The minimum absolute atomic E-state index is 0.285. The Kier molecular flexibility index (Phi) is 3.44.